The van der Waals surface area contributed by atoms with Crippen molar-refractivity contribution >= 4 is 17.7 Å². The van der Waals surface area contributed by atoms with Gasteiger partial charge in [-0.2, -0.15) is 11.8 Å². The summed E-state index contributed by atoms with van der Waals surface area (Å²) in [4.78, 5) is 11.4. The van der Waals surface area contributed by atoms with Crippen LogP contribution in [0.15, 0.2) is 10.5 Å². The van der Waals surface area contributed by atoms with Gasteiger partial charge in [-0.1, -0.05) is 12.8 Å². The number of hydrogen-bond donors (Lipinski definition) is 1. The summed E-state index contributed by atoms with van der Waals surface area (Å²) >= 11 is 1.91. The van der Waals surface area contributed by atoms with Crippen molar-refractivity contribution in [1.29, 1.82) is 0 Å². The van der Waals surface area contributed by atoms with E-state index in [1.54, 1.807) is 13.0 Å². The minimum atomic E-state index is -0.341. The molecule has 0 fully saturated rings. The SMILES string of the molecule is COC(=O)c1cc(CNCCCCCCSC)oc1C. The van der Waals surface area contributed by atoms with Crippen LogP contribution in [-0.2, 0) is 11.3 Å². The zero-order valence-electron chi connectivity index (χ0n) is 12.7. The number of nitrogens with one attached hydrogen (secondary N) is 1. The first-order valence-corrected chi connectivity index (χ1v) is 8.45. The Bertz CT molecular complexity index is 404. The Morgan fingerprint density at radius 3 is 2.80 bits per heavy atom. The van der Waals surface area contributed by atoms with Crippen molar-refractivity contribution in [3.63, 3.8) is 0 Å². The number of esters is 1. The predicted molar refractivity (Wildman–Crippen MR) is 83.3 cm³/mol. The fourth-order valence-corrected chi connectivity index (χ4v) is 2.50. The van der Waals surface area contributed by atoms with Crippen molar-refractivity contribution in [1.82, 2.24) is 5.32 Å². The number of carbonyl (C=O) groups excluding carboxylic acids is 1. The maximum Gasteiger partial charge on any atom is 0.341 e. The molecule has 1 heterocycles. The molecule has 0 aliphatic rings. The second kappa shape index (κ2) is 9.88. The van der Waals surface area contributed by atoms with Crippen molar-refractivity contribution in [3.05, 3.63) is 23.2 Å². The smallest absolute Gasteiger partial charge is 0.341 e. The lowest BCUT2D eigenvalue weighted by Crippen LogP contribution is -2.14. The second-order valence-electron chi connectivity index (χ2n) is 4.76. The summed E-state index contributed by atoms with van der Waals surface area (Å²) in [6.45, 7) is 3.41. The molecule has 0 radical (unpaired) electrons. The van der Waals surface area contributed by atoms with E-state index in [2.05, 4.69) is 11.6 Å². The molecule has 0 saturated heterocycles. The molecule has 0 atom stereocenters. The summed E-state index contributed by atoms with van der Waals surface area (Å²) in [5, 5.41) is 3.34. The molecular weight excluding hydrogens is 274 g/mol. The molecule has 0 saturated carbocycles. The molecule has 1 rings (SSSR count). The van der Waals surface area contributed by atoms with E-state index in [-0.39, 0.29) is 5.97 Å². The van der Waals surface area contributed by atoms with Gasteiger partial charge in [0.1, 0.15) is 17.1 Å². The third-order valence-electron chi connectivity index (χ3n) is 3.13. The summed E-state index contributed by atoms with van der Waals surface area (Å²) < 4.78 is 10.2. The monoisotopic (exact) mass is 299 g/mol. The number of thioether (sulfide) groups is 1. The Balaban J connectivity index is 2.18. The lowest BCUT2D eigenvalue weighted by atomic mass is 10.2. The Morgan fingerprint density at radius 2 is 2.10 bits per heavy atom. The number of aryl methyl sites for hydroxylation is 1. The van der Waals surface area contributed by atoms with Crippen LogP contribution in [0.1, 0.15) is 47.6 Å². The number of furan rings is 1. The van der Waals surface area contributed by atoms with E-state index in [9.17, 15) is 4.79 Å². The normalized spacial score (nSPS) is 10.8. The topological polar surface area (TPSA) is 51.5 Å². The van der Waals surface area contributed by atoms with Crippen LogP contribution < -0.4 is 5.32 Å². The van der Waals surface area contributed by atoms with Crippen molar-refractivity contribution < 1.29 is 13.9 Å². The molecule has 1 N–H and O–H groups in total. The van der Waals surface area contributed by atoms with E-state index in [4.69, 9.17) is 9.15 Å². The minimum absolute atomic E-state index is 0.341. The van der Waals surface area contributed by atoms with E-state index in [1.807, 2.05) is 11.8 Å². The lowest BCUT2D eigenvalue weighted by molar-refractivity contribution is 0.0599. The molecule has 20 heavy (non-hydrogen) atoms. The zero-order chi connectivity index (χ0) is 14.8. The maximum absolute atomic E-state index is 11.4. The Labute approximate surface area is 125 Å². The third-order valence-corrected chi connectivity index (χ3v) is 3.82. The zero-order valence-corrected chi connectivity index (χ0v) is 13.5. The van der Waals surface area contributed by atoms with Gasteiger partial charge < -0.3 is 14.5 Å². The van der Waals surface area contributed by atoms with Crippen molar-refractivity contribution in [2.24, 2.45) is 0 Å². The molecule has 0 spiro atoms. The largest absolute Gasteiger partial charge is 0.465 e. The molecule has 0 aromatic carbocycles. The fourth-order valence-electron chi connectivity index (χ4n) is 2.00. The van der Waals surface area contributed by atoms with Gasteiger partial charge in [0.2, 0.25) is 0 Å². The van der Waals surface area contributed by atoms with Crippen LogP contribution in [0.2, 0.25) is 0 Å². The average Bonchev–Trinajstić information content (AvgIpc) is 2.82. The summed E-state index contributed by atoms with van der Waals surface area (Å²) in [6, 6.07) is 1.76. The van der Waals surface area contributed by atoms with E-state index in [0.717, 1.165) is 12.3 Å². The van der Waals surface area contributed by atoms with Crippen LogP contribution in [0, 0.1) is 6.92 Å². The Hall–Kier alpha value is -0.940. The average molecular weight is 299 g/mol. The van der Waals surface area contributed by atoms with Gasteiger partial charge in [0, 0.05) is 0 Å². The molecule has 1 aromatic heterocycles. The molecule has 0 aliphatic heterocycles. The van der Waals surface area contributed by atoms with Crippen LogP contribution in [-0.4, -0.2) is 31.6 Å². The first kappa shape index (κ1) is 17.1. The first-order chi connectivity index (χ1) is 9.69. The predicted octanol–water partition coefficient (Wildman–Crippen LogP) is 3.39. The highest BCUT2D eigenvalue weighted by Gasteiger charge is 2.14. The highest BCUT2D eigenvalue weighted by molar-refractivity contribution is 7.98. The molecule has 0 bridgehead atoms. The van der Waals surface area contributed by atoms with Crippen molar-refractivity contribution in [3.8, 4) is 0 Å². The maximum atomic E-state index is 11.4. The van der Waals surface area contributed by atoms with Crippen molar-refractivity contribution in [2.45, 2.75) is 39.2 Å². The minimum Gasteiger partial charge on any atom is -0.465 e. The molecule has 114 valence electrons. The fraction of sp³-hybridized carbons (Fsp3) is 0.667. The molecule has 0 amide bonds. The van der Waals surface area contributed by atoms with E-state index < -0.39 is 0 Å². The number of methoxy groups -OCH3 is 1. The van der Waals surface area contributed by atoms with Crippen LogP contribution in [0.25, 0.3) is 0 Å². The molecule has 1 aromatic rings. The Morgan fingerprint density at radius 1 is 1.35 bits per heavy atom. The van der Waals surface area contributed by atoms with Crippen molar-refractivity contribution in [2.75, 3.05) is 25.7 Å². The molecule has 0 aliphatic carbocycles. The van der Waals surface area contributed by atoms with Crippen LogP contribution in [0.4, 0.5) is 0 Å². The molecule has 0 unspecified atom stereocenters. The third kappa shape index (κ3) is 6.01. The highest BCUT2D eigenvalue weighted by atomic mass is 32.2. The molecular formula is C15H25NO3S. The summed E-state index contributed by atoms with van der Waals surface area (Å²) in [6.07, 6.45) is 7.20. The standard InChI is InChI=1S/C15H25NO3S/c1-12-14(15(17)18-2)10-13(19-12)11-16-8-6-4-5-7-9-20-3/h10,16H,4-9,11H2,1-3H3. The second-order valence-corrected chi connectivity index (χ2v) is 5.74. The summed E-state index contributed by atoms with van der Waals surface area (Å²) in [5.74, 6) is 2.32. The number of unbranched alkanes of at least 4 members (excludes halogenated alkanes) is 3. The Kier molecular flexibility index (Phi) is 8.46. The number of hydrogen-bond acceptors (Lipinski definition) is 5. The van der Waals surface area contributed by atoms with Gasteiger partial charge in [-0.25, -0.2) is 4.79 Å². The highest BCUT2D eigenvalue weighted by Crippen LogP contribution is 2.15. The van der Waals surface area contributed by atoms with Gasteiger partial charge in [0.25, 0.3) is 0 Å². The van der Waals surface area contributed by atoms with Crippen LogP contribution in [0.3, 0.4) is 0 Å². The lowest BCUT2D eigenvalue weighted by Gasteiger charge is -2.02. The van der Waals surface area contributed by atoms with Gasteiger partial charge in [0.15, 0.2) is 0 Å². The number of rotatable bonds is 10. The van der Waals surface area contributed by atoms with Crippen LogP contribution in [0.5, 0.6) is 0 Å². The molecule has 5 heteroatoms. The van der Waals surface area contributed by atoms with Crippen LogP contribution >= 0.6 is 11.8 Å². The van der Waals surface area contributed by atoms with Gasteiger partial charge in [-0.3, -0.25) is 0 Å². The van der Waals surface area contributed by atoms with Gasteiger partial charge in [0.05, 0.1) is 13.7 Å². The van der Waals surface area contributed by atoms with E-state index >= 15 is 0 Å². The van der Waals surface area contributed by atoms with E-state index in [0.29, 0.717) is 17.9 Å². The molecule has 4 nitrogen and oxygen atoms in total. The van der Waals surface area contributed by atoms with Gasteiger partial charge in [-0.05, 0) is 44.4 Å². The summed E-state index contributed by atoms with van der Waals surface area (Å²) in [7, 11) is 1.38. The first-order valence-electron chi connectivity index (χ1n) is 7.06. The summed E-state index contributed by atoms with van der Waals surface area (Å²) in [5.41, 5.74) is 0.515. The van der Waals surface area contributed by atoms with Gasteiger partial charge in [-0.15, -0.1) is 0 Å². The quantitative estimate of drug-likeness (QED) is 0.530. The number of carbonyl (C=O) groups is 1. The number of ether oxygens (including phenoxy) is 1. The van der Waals surface area contributed by atoms with E-state index in [1.165, 1.54) is 38.5 Å². The van der Waals surface area contributed by atoms with Gasteiger partial charge >= 0.3 is 5.97 Å².